The van der Waals surface area contributed by atoms with E-state index in [4.69, 9.17) is 5.11 Å². The highest BCUT2D eigenvalue weighted by atomic mass is 16.4. The van der Waals surface area contributed by atoms with Crippen LogP contribution in [0.15, 0.2) is 0 Å². The number of carboxylic acids is 2. The summed E-state index contributed by atoms with van der Waals surface area (Å²) in [7, 11) is 0. The fourth-order valence-corrected chi connectivity index (χ4v) is 4.98. The molecule has 0 heterocycles. The summed E-state index contributed by atoms with van der Waals surface area (Å²) in [6.45, 7) is 4.48. The molecule has 0 unspecified atom stereocenters. The summed E-state index contributed by atoms with van der Waals surface area (Å²) in [5, 5.41) is 19.1. The van der Waals surface area contributed by atoms with Gasteiger partial charge in [0.05, 0.1) is 5.41 Å². The Morgan fingerprint density at radius 3 is 1.09 bits per heavy atom. The molecule has 0 bridgehead atoms. The van der Waals surface area contributed by atoms with Gasteiger partial charge in [0.25, 0.3) is 0 Å². The third-order valence-electron chi connectivity index (χ3n) is 7.27. The smallest absolute Gasteiger partial charge is 0.309 e. The van der Waals surface area contributed by atoms with Crippen molar-refractivity contribution in [2.24, 2.45) is 5.41 Å². The summed E-state index contributed by atoms with van der Waals surface area (Å²) in [6.07, 6.45) is 25.9. The predicted molar refractivity (Wildman–Crippen MR) is 140 cm³/mol. The molecule has 0 aromatic rings. The van der Waals surface area contributed by atoms with Gasteiger partial charge in [-0.25, -0.2) is 0 Å². The molecule has 2 N–H and O–H groups in total. The fraction of sp³-hybridized carbons (Fsp3) is 0.931. The lowest BCUT2D eigenvalue weighted by atomic mass is 9.74. The van der Waals surface area contributed by atoms with Crippen molar-refractivity contribution in [3.05, 3.63) is 0 Å². The molecular formula is C29H56O4. The Morgan fingerprint density at radius 1 is 0.485 bits per heavy atom. The van der Waals surface area contributed by atoms with Crippen molar-refractivity contribution in [2.75, 3.05) is 0 Å². The van der Waals surface area contributed by atoms with Crippen molar-refractivity contribution in [2.45, 2.75) is 168 Å². The van der Waals surface area contributed by atoms with Crippen molar-refractivity contribution in [3.8, 4) is 0 Å². The largest absolute Gasteiger partial charge is 0.481 e. The molecular weight excluding hydrogens is 412 g/mol. The second-order valence-electron chi connectivity index (χ2n) is 10.3. The molecule has 0 aliphatic carbocycles. The molecule has 0 amide bonds. The standard InChI is InChI=1S/C29H56O4/c1-3-5-7-9-11-13-15-17-20-24-29(28(32)33,26-22-19-23-27(30)31)25-21-18-16-14-12-10-8-6-4-2/h3-26H2,1-2H3,(H,30,31)(H,32,33). The summed E-state index contributed by atoms with van der Waals surface area (Å²) in [5.74, 6) is -1.44. The minimum Gasteiger partial charge on any atom is -0.481 e. The van der Waals surface area contributed by atoms with E-state index >= 15 is 0 Å². The van der Waals surface area contributed by atoms with Crippen LogP contribution in [0.4, 0.5) is 0 Å². The van der Waals surface area contributed by atoms with E-state index in [9.17, 15) is 14.7 Å². The van der Waals surface area contributed by atoms with Crippen LogP contribution in [-0.4, -0.2) is 22.2 Å². The first-order valence-electron chi connectivity index (χ1n) is 14.4. The first-order valence-corrected chi connectivity index (χ1v) is 14.4. The van der Waals surface area contributed by atoms with Crippen LogP contribution >= 0.6 is 0 Å². The molecule has 0 spiro atoms. The van der Waals surface area contributed by atoms with Gasteiger partial charge in [0, 0.05) is 6.42 Å². The lowest BCUT2D eigenvalue weighted by molar-refractivity contribution is -0.150. The average Bonchev–Trinajstić information content (AvgIpc) is 2.78. The second-order valence-corrected chi connectivity index (χ2v) is 10.3. The van der Waals surface area contributed by atoms with Crippen LogP contribution in [0, 0.1) is 5.41 Å². The number of unbranched alkanes of at least 4 members (excludes halogenated alkanes) is 17. The van der Waals surface area contributed by atoms with Gasteiger partial charge in [-0.15, -0.1) is 0 Å². The van der Waals surface area contributed by atoms with Gasteiger partial charge >= 0.3 is 11.9 Å². The van der Waals surface area contributed by atoms with Gasteiger partial charge in [0.15, 0.2) is 0 Å². The van der Waals surface area contributed by atoms with Gasteiger partial charge in [-0.05, 0) is 25.7 Å². The van der Waals surface area contributed by atoms with Gasteiger partial charge in [0.2, 0.25) is 0 Å². The SMILES string of the molecule is CCCCCCCCCCCC(CCCCCCCCCCC)(CCCCC(=O)O)C(=O)O. The van der Waals surface area contributed by atoms with Crippen LogP contribution in [0.1, 0.15) is 168 Å². The molecule has 196 valence electrons. The maximum Gasteiger partial charge on any atom is 0.309 e. The number of hydrogen-bond donors (Lipinski definition) is 2. The highest BCUT2D eigenvalue weighted by Gasteiger charge is 2.36. The van der Waals surface area contributed by atoms with E-state index in [2.05, 4.69) is 13.8 Å². The first kappa shape index (κ1) is 31.9. The fourth-order valence-electron chi connectivity index (χ4n) is 4.98. The Labute approximate surface area is 205 Å². The van der Waals surface area contributed by atoms with E-state index < -0.39 is 17.4 Å². The van der Waals surface area contributed by atoms with Crippen molar-refractivity contribution in [1.29, 1.82) is 0 Å². The lowest BCUT2D eigenvalue weighted by Gasteiger charge is -2.30. The van der Waals surface area contributed by atoms with Crippen LogP contribution in [-0.2, 0) is 9.59 Å². The Balaban J connectivity index is 4.39. The van der Waals surface area contributed by atoms with Gasteiger partial charge < -0.3 is 10.2 Å². The summed E-state index contributed by atoms with van der Waals surface area (Å²) in [4.78, 5) is 23.2. The third kappa shape index (κ3) is 19.0. The van der Waals surface area contributed by atoms with Gasteiger partial charge in [0.1, 0.15) is 0 Å². The maximum absolute atomic E-state index is 12.4. The molecule has 0 atom stereocenters. The predicted octanol–water partition coefficient (Wildman–Crippen LogP) is 9.54. The molecule has 33 heavy (non-hydrogen) atoms. The number of carbonyl (C=O) groups is 2. The molecule has 0 saturated carbocycles. The van der Waals surface area contributed by atoms with Crippen LogP contribution in [0.25, 0.3) is 0 Å². The minimum atomic E-state index is -0.784. The topological polar surface area (TPSA) is 74.6 Å². The molecule has 0 saturated heterocycles. The molecule has 0 fully saturated rings. The third-order valence-corrected chi connectivity index (χ3v) is 7.27. The molecule has 4 nitrogen and oxygen atoms in total. The molecule has 0 aromatic heterocycles. The summed E-state index contributed by atoms with van der Waals surface area (Å²) < 4.78 is 0. The normalized spacial score (nSPS) is 11.7. The number of aliphatic carboxylic acids is 2. The van der Waals surface area contributed by atoms with Crippen LogP contribution in [0.3, 0.4) is 0 Å². The van der Waals surface area contributed by atoms with Crippen LogP contribution in [0.5, 0.6) is 0 Å². The van der Waals surface area contributed by atoms with E-state index in [0.29, 0.717) is 19.3 Å². The second kappa shape index (κ2) is 22.7. The molecule has 0 radical (unpaired) electrons. The minimum absolute atomic E-state index is 0.145. The summed E-state index contributed by atoms with van der Waals surface area (Å²) in [5.41, 5.74) is -0.652. The van der Waals surface area contributed by atoms with E-state index in [1.807, 2.05) is 0 Å². The Kier molecular flexibility index (Phi) is 22.0. The Morgan fingerprint density at radius 2 is 0.788 bits per heavy atom. The number of hydrogen-bond acceptors (Lipinski definition) is 2. The van der Waals surface area contributed by atoms with E-state index in [1.165, 1.54) is 89.9 Å². The zero-order valence-electron chi connectivity index (χ0n) is 22.2. The molecule has 0 rings (SSSR count). The van der Waals surface area contributed by atoms with Crippen molar-refractivity contribution in [3.63, 3.8) is 0 Å². The van der Waals surface area contributed by atoms with E-state index in [0.717, 1.165) is 38.5 Å². The first-order chi connectivity index (χ1) is 16.0. The highest BCUT2D eigenvalue weighted by molar-refractivity contribution is 5.74. The zero-order valence-corrected chi connectivity index (χ0v) is 22.2. The van der Waals surface area contributed by atoms with Crippen LogP contribution < -0.4 is 0 Å². The molecule has 0 aliphatic rings. The number of rotatable bonds is 26. The molecule has 0 aromatic carbocycles. The molecule has 0 aliphatic heterocycles. The monoisotopic (exact) mass is 468 g/mol. The lowest BCUT2D eigenvalue weighted by Crippen LogP contribution is -2.31. The van der Waals surface area contributed by atoms with Gasteiger partial charge in [-0.2, -0.15) is 0 Å². The number of carboxylic acid groups (broad SMARTS) is 2. The van der Waals surface area contributed by atoms with E-state index in [-0.39, 0.29) is 6.42 Å². The van der Waals surface area contributed by atoms with Crippen molar-refractivity contribution in [1.82, 2.24) is 0 Å². The van der Waals surface area contributed by atoms with Gasteiger partial charge in [-0.3, -0.25) is 9.59 Å². The Bertz CT molecular complexity index is 439. The Hall–Kier alpha value is -1.06. The quantitative estimate of drug-likeness (QED) is 0.124. The van der Waals surface area contributed by atoms with E-state index in [1.54, 1.807) is 0 Å². The van der Waals surface area contributed by atoms with Crippen molar-refractivity contribution < 1.29 is 19.8 Å². The molecule has 4 heteroatoms. The maximum atomic E-state index is 12.4. The highest BCUT2D eigenvalue weighted by Crippen LogP contribution is 2.38. The van der Waals surface area contributed by atoms with Gasteiger partial charge in [-0.1, -0.05) is 136 Å². The zero-order chi connectivity index (χ0) is 24.6. The van der Waals surface area contributed by atoms with Crippen LogP contribution in [0.2, 0.25) is 0 Å². The average molecular weight is 469 g/mol. The summed E-state index contributed by atoms with van der Waals surface area (Å²) >= 11 is 0. The van der Waals surface area contributed by atoms with Crippen molar-refractivity contribution >= 4 is 11.9 Å². The summed E-state index contributed by atoms with van der Waals surface area (Å²) in [6, 6.07) is 0.